The molecule has 0 aliphatic heterocycles. The maximum absolute atomic E-state index is 12.1. The van der Waals surface area contributed by atoms with E-state index in [4.69, 9.17) is 4.74 Å². The largest absolute Gasteiger partial charge is 0.494 e. The van der Waals surface area contributed by atoms with Gasteiger partial charge >= 0.3 is 5.69 Å². The van der Waals surface area contributed by atoms with Gasteiger partial charge < -0.3 is 9.30 Å². The Kier molecular flexibility index (Phi) is 4.87. The molecule has 136 valence electrons. The van der Waals surface area contributed by atoms with Gasteiger partial charge in [0, 0.05) is 13.6 Å². The highest BCUT2D eigenvalue weighted by molar-refractivity contribution is 5.80. The number of ether oxygens (including phenoxy) is 1. The van der Waals surface area contributed by atoms with Gasteiger partial charge in [0.1, 0.15) is 5.75 Å². The van der Waals surface area contributed by atoms with E-state index in [1.807, 2.05) is 38.1 Å². The number of aryl methyl sites for hydroxylation is 2. The highest BCUT2D eigenvalue weighted by atomic mass is 16.5. The van der Waals surface area contributed by atoms with Crippen LogP contribution in [0.3, 0.4) is 0 Å². The molecule has 0 saturated heterocycles. The van der Waals surface area contributed by atoms with E-state index >= 15 is 0 Å². The average Bonchev–Trinajstić information content (AvgIpc) is 3.01. The van der Waals surface area contributed by atoms with E-state index in [2.05, 4.69) is 20.5 Å². The number of imidazole rings is 1. The summed E-state index contributed by atoms with van der Waals surface area (Å²) < 4.78 is 8.36. The van der Waals surface area contributed by atoms with Gasteiger partial charge in [-0.15, -0.1) is 0 Å². The fraction of sp³-hybridized carbons (Fsp3) is 0.294. The zero-order chi connectivity index (χ0) is 18.7. The lowest BCUT2D eigenvalue weighted by atomic mass is 10.2. The van der Waals surface area contributed by atoms with Crippen LogP contribution in [-0.2, 0) is 13.6 Å². The number of aromatic amines is 1. The van der Waals surface area contributed by atoms with Crippen LogP contribution in [0.15, 0.2) is 39.0 Å². The van der Waals surface area contributed by atoms with Gasteiger partial charge in [0.25, 0.3) is 5.56 Å². The Bertz CT molecular complexity index is 1060. The first kappa shape index (κ1) is 17.5. The molecule has 2 aromatic heterocycles. The van der Waals surface area contributed by atoms with Crippen LogP contribution < -0.4 is 21.4 Å². The predicted octanol–water partition coefficient (Wildman–Crippen LogP) is 1.29. The standard InChI is InChI=1S/C17H20N6O3/c1-4-23-13-14(22(3)17(25)20-15(13)24)19-16(23)21-18-10-11-6-8-12(9-7-11)26-5-2/h6-10H,4-5H2,1-3H3,(H,19,21)(H,20,24,25)/b18-10+. The third kappa shape index (κ3) is 3.23. The molecule has 0 spiro atoms. The Morgan fingerprint density at radius 3 is 2.65 bits per heavy atom. The first-order valence-electron chi connectivity index (χ1n) is 8.26. The number of hydrazone groups is 1. The third-order valence-electron chi connectivity index (χ3n) is 3.89. The van der Waals surface area contributed by atoms with Crippen molar-refractivity contribution in [3.05, 3.63) is 50.7 Å². The van der Waals surface area contributed by atoms with Gasteiger partial charge in [0.15, 0.2) is 11.2 Å². The molecule has 2 N–H and O–H groups in total. The lowest BCUT2D eigenvalue weighted by Gasteiger charge is -2.04. The summed E-state index contributed by atoms with van der Waals surface area (Å²) in [5, 5.41) is 4.17. The van der Waals surface area contributed by atoms with Crippen LogP contribution >= 0.6 is 0 Å². The van der Waals surface area contributed by atoms with Crippen molar-refractivity contribution in [1.29, 1.82) is 0 Å². The van der Waals surface area contributed by atoms with Crippen molar-refractivity contribution in [3.8, 4) is 5.75 Å². The molecular weight excluding hydrogens is 336 g/mol. The van der Waals surface area contributed by atoms with Crippen LogP contribution in [-0.4, -0.2) is 31.9 Å². The summed E-state index contributed by atoms with van der Waals surface area (Å²) >= 11 is 0. The van der Waals surface area contributed by atoms with Crippen molar-refractivity contribution in [2.24, 2.45) is 12.1 Å². The molecule has 0 bridgehead atoms. The summed E-state index contributed by atoms with van der Waals surface area (Å²) in [6, 6.07) is 7.49. The quantitative estimate of drug-likeness (QED) is 0.511. The summed E-state index contributed by atoms with van der Waals surface area (Å²) in [7, 11) is 1.56. The molecule has 0 radical (unpaired) electrons. The van der Waals surface area contributed by atoms with Gasteiger partial charge in [-0.25, -0.2) is 10.2 Å². The molecule has 0 aliphatic rings. The predicted molar refractivity (Wildman–Crippen MR) is 100 cm³/mol. The summed E-state index contributed by atoms with van der Waals surface area (Å²) in [6.45, 7) is 4.93. The van der Waals surface area contributed by atoms with Crippen molar-refractivity contribution in [3.63, 3.8) is 0 Å². The Morgan fingerprint density at radius 2 is 2.00 bits per heavy atom. The van der Waals surface area contributed by atoms with Crippen LogP contribution in [0, 0.1) is 0 Å². The monoisotopic (exact) mass is 356 g/mol. The topological polar surface area (TPSA) is 106 Å². The molecule has 26 heavy (non-hydrogen) atoms. The average molecular weight is 356 g/mol. The molecule has 1 aromatic carbocycles. The summed E-state index contributed by atoms with van der Waals surface area (Å²) in [5.74, 6) is 1.18. The van der Waals surface area contributed by atoms with E-state index in [-0.39, 0.29) is 0 Å². The number of hydrogen-bond donors (Lipinski definition) is 2. The molecule has 0 saturated carbocycles. The fourth-order valence-electron chi connectivity index (χ4n) is 2.61. The van der Waals surface area contributed by atoms with Crippen molar-refractivity contribution in [2.75, 3.05) is 12.0 Å². The zero-order valence-corrected chi connectivity index (χ0v) is 14.8. The third-order valence-corrected chi connectivity index (χ3v) is 3.89. The smallest absolute Gasteiger partial charge is 0.329 e. The first-order chi connectivity index (χ1) is 12.5. The highest BCUT2D eigenvalue weighted by Crippen LogP contribution is 2.15. The molecule has 2 heterocycles. The van der Waals surface area contributed by atoms with E-state index in [0.29, 0.717) is 30.3 Å². The molecule has 3 rings (SSSR count). The maximum Gasteiger partial charge on any atom is 0.329 e. The Balaban J connectivity index is 1.89. The van der Waals surface area contributed by atoms with Gasteiger partial charge in [-0.1, -0.05) is 0 Å². The zero-order valence-electron chi connectivity index (χ0n) is 14.8. The second kappa shape index (κ2) is 7.26. The van der Waals surface area contributed by atoms with E-state index in [9.17, 15) is 9.59 Å². The molecule has 0 atom stereocenters. The minimum Gasteiger partial charge on any atom is -0.494 e. The number of nitrogens with zero attached hydrogens (tertiary/aromatic N) is 4. The summed E-state index contributed by atoms with van der Waals surface area (Å²) in [4.78, 5) is 30.5. The Morgan fingerprint density at radius 1 is 1.27 bits per heavy atom. The van der Waals surface area contributed by atoms with Crippen molar-refractivity contribution < 1.29 is 4.74 Å². The van der Waals surface area contributed by atoms with Crippen LogP contribution in [0.25, 0.3) is 11.2 Å². The van der Waals surface area contributed by atoms with Crippen molar-refractivity contribution in [2.45, 2.75) is 20.4 Å². The van der Waals surface area contributed by atoms with Crippen molar-refractivity contribution >= 4 is 23.3 Å². The van der Waals surface area contributed by atoms with E-state index in [0.717, 1.165) is 11.3 Å². The van der Waals surface area contributed by atoms with E-state index in [1.54, 1.807) is 17.8 Å². The molecule has 0 aliphatic carbocycles. The summed E-state index contributed by atoms with van der Waals surface area (Å²) in [5.41, 5.74) is 3.37. The first-order valence-corrected chi connectivity index (χ1v) is 8.26. The number of benzene rings is 1. The van der Waals surface area contributed by atoms with E-state index < -0.39 is 11.2 Å². The maximum atomic E-state index is 12.1. The number of nitrogens with one attached hydrogen (secondary N) is 2. The molecule has 9 heteroatoms. The number of anilines is 1. The van der Waals surface area contributed by atoms with Gasteiger partial charge in [-0.3, -0.25) is 14.3 Å². The lowest BCUT2D eigenvalue weighted by molar-refractivity contribution is 0.340. The minimum atomic E-state index is -0.507. The lowest BCUT2D eigenvalue weighted by Crippen LogP contribution is -2.29. The van der Waals surface area contributed by atoms with Crippen LogP contribution in [0.1, 0.15) is 19.4 Å². The normalized spacial score (nSPS) is 11.3. The Hall–Kier alpha value is -3.36. The fourth-order valence-corrected chi connectivity index (χ4v) is 2.61. The second-order valence-electron chi connectivity index (χ2n) is 5.54. The van der Waals surface area contributed by atoms with Crippen LogP contribution in [0.4, 0.5) is 5.95 Å². The molecule has 0 unspecified atom stereocenters. The number of hydrogen-bond acceptors (Lipinski definition) is 6. The number of H-pyrrole nitrogens is 1. The molecule has 0 fully saturated rings. The highest BCUT2D eigenvalue weighted by Gasteiger charge is 2.15. The summed E-state index contributed by atoms with van der Waals surface area (Å²) in [6.07, 6.45) is 1.64. The van der Waals surface area contributed by atoms with Gasteiger partial charge in [0.2, 0.25) is 5.95 Å². The number of aromatic nitrogens is 4. The minimum absolute atomic E-state index is 0.305. The number of rotatable bonds is 6. The number of fused-ring (bicyclic) bond motifs is 1. The van der Waals surface area contributed by atoms with Gasteiger partial charge in [-0.2, -0.15) is 10.1 Å². The van der Waals surface area contributed by atoms with Crippen molar-refractivity contribution in [1.82, 2.24) is 19.1 Å². The van der Waals surface area contributed by atoms with E-state index in [1.165, 1.54) is 4.57 Å². The van der Waals surface area contributed by atoms with Crippen LogP contribution in [0.2, 0.25) is 0 Å². The molecule has 3 aromatic rings. The van der Waals surface area contributed by atoms with Crippen LogP contribution in [0.5, 0.6) is 5.75 Å². The molecular formula is C17H20N6O3. The van der Waals surface area contributed by atoms with Gasteiger partial charge in [-0.05, 0) is 43.7 Å². The molecule has 0 amide bonds. The SMILES string of the molecule is CCOc1ccc(/C=N/Nc2nc3c(c(=O)[nH]c(=O)n3C)n2CC)cc1. The second-order valence-corrected chi connectivity index (χ2v) is 5.54. The van der Waals surface area contributed by atoms with Gasteiger partial charge in [0.05, 0.1) is 12.8 Å². The Labute approximate surface area is 148 Å². The molecule has 9 nitrogen and oxygen atoms in total.